The third-order valence-corrected chi connectivity index (χ3v) is 33.0. The van der Waals surface area contributed by atoms with Gasteiger partial charge in [-0.25, -0.2) is 29.9 Å². The Balaban J connectivity index is 0.000000100. The van der Waals surface area contributed by atoms with Gasteiger partial charge in [0.15, 0.2) is 5.58 Å². The summed E-state index contributed by atoms with van der Waals surface area (Å²) in [6.45, 7) is 0. The highest BCUT2D eigenvalue weighted by atomic mass is 32.1. The van der Waals surface area contributed by atoms with Gasteiger partial charge in [-0.15, -0.1) is 45.3 Å². The first-order valence-electron chi connectivity index (χ1n) is 47.3. The summed E-state index contributed by atoms with van der Waals surface area (Å²) < 4.78 is 36.3. The minimum atomic E-state index is 0.614. The van der Waals surface area contributed by atoms with Crippen LogP contribution in [0.3, 0.4) is 0 Å². The van der Waals surface area contributed by atoms with Crippen LogP contribution < -0.4 is 0 Å². The van der Waals surface area contributed by atoms with Gasteiger partial charge in [0.2, 0.25) is 17.8 Å². The minimum absolute atomic E-state index is 0.614. The first-order valence-corrected chi connectivity index (χ1v) is 50.6. The molecular weight excluding hydrogens is 1820 g/mol. The Bertz CT molecular complexity index is 10800. The second-order valence-electron chi connectivity index (χ2n) is 36.0. The van der Waals surface area contributed by atoms with Gasteiger partial charge in [0.25, 0.3) is 0 Å². The second-order valence-corrected chi connectivity index (χ2v) is 40.2. The van der Waals surface area contributed by atoms with Crippen molar-refractivity contribution >= 4 is 257 Å². The zero-order valence-corrected chi connectivity index (χ0v) is 78.6. The van der Waals surface area contributed by atoms with Crippen LogP contribution in [0.15, 0.2) is 444 Å². The van der Waals surface area contributed by atoms with Crippen molar-refractivity contribution in [1.29, 1.82) is 0 Å². The number of benzene rings is 19. The SMILES string of the molecule is c1ccc(-c2cc(-c3cccc4c3sc3ccccc34)nc(-n3c4ccccc4c4c5oc6ccccc6c5ccc43)n2)cc1.c1ccc(-c2cc(-c3cccc4c3sc3ccccc34)nc(-n3c4ccccc4c4ccc5c6ccccc6oc5c43)n2)cc1.c1ccc2c(c1)oc1c2ccc2c1c1ccccc1n2-c1nc(-c2cccc3c2sc2ccccc23)cc(-c2cccc3c2sc2ccccc23)n1. The molecule has 32 aromatic rings. The fourth-order valence-corrected chi connectivity index (χ4v) is 26.7. The smallest absolute Gasteiger partial charge is 0.235 e. The van der Waals surface area contributed by atoms with E-state index < -0.39 is 0 Å². The van der Waals surface area contributed by atoms with E-state index >= 15 is 0 Å². The van der Waals surface area contributed by atoms with Gasteiger partial charge in [-0.1, -0.05) is 322 Å². The third-order valence-electron chi connectivity index (χ3n) is 28.1. The van der Waals surface area contributed by atoms with Crippen molar-refractivity contribution in [3.05, 3.63) is 431 Å². The molecule has 16 heteroatoms. The van der Waals surface area contributed by atoms with E-state index in [4.69, 9.17) is 43.2 Å². The largest absolute Gasteiger partial charge is 0.455 e. The van der Waals surface area contributed by atoms with Gasteiger partial charge in [0, 0.05) is 168 Å². The normalized spacial score (nSPS) is 12.1. The van der Waals surface area contributed by atoms with E-state index in [2.05, 4.69) is 396 Å². The molecule has 142 heavy (non-hydrogen) atoms. The Labute approximate surface area is 823 Å². The Morgan fingerprint density at radius 1 is 0.176 bits per heavy atom. The molecule has 0 aliphatic rings. The molecule has 0 aliphatic carbocycles. The quantitative estimate of drug-likeness (QED) is 0.139. The van der Waals surface area contributed by atoms with E-state index in [-0.39, 0.29) is 0 Å². The van der Waals surface area contributed by atoms with Crippen molar-refractivity contribution in [3.8, 4) is 85.4 Å². The molecule has 0 saturated carbocycles. The summed E-state index contributed by atoms with van der Waals surface area (Å²) in [4.78, 5) is 32.2. The highest BCUT2D eigenvalue weighted by molar-refractivity contribution is 7.27. The summed E-state index contributed by atoms with van der Waals surface area (Å²) in [6.07, 6.45) is 0. The Kier molecular flexibility index (Phi) is 18.0. The first kappa shape index (κ1) is 80.2. The van der Waals surface area contributed by atoms with Crippen LogP contribution in [0.1, 0.15) is 0 Å². The fraction of sp³-hybridized carbons (Fsp3) is 0. The molecular formula is C126H71N9O3S4. The number of rotatable bonds is 9. The fourth-order valence-electron chi connectivity index (χ4n) is 21.8. The van der Waals surface area contributed by atoms with E-state index in [1.807, 2.05) is 93.9 Å². The standard InChI is InChI=1S/C46H25N3OS2.2C40H23N3OS/c1-5-19-37-34(14-1)42-38(24-23-29-26-11-2-6-20-39(26)50-43(29)42)49(37)46-47-35(32-17-9-15-30-27-12-3-7-21-40(27)51-44(30)32)25-36(48-46)33-18-10-16-31-28-13-4-8-22-41(28)52-45(31)33;1-2-11-24(12-3-1)31-23-32(29-17-10-16-28-26-14-6-9-20-36(26)45-39(28)29)42-40(41-31)43-33-18-7-4-15-30(33)37-34(43)22-21-27-25-13-5-8-19-35(25)44-38(27)37;1-2-11-24(12-3-1)32-23-33(31-17-10-16-30-27-15-6-9-20-36(27)45-39(30)31)42-40(41-32)43-34-18-7-4-13-25(34)28-21-22-29-26-14-5-8-19-35(26)44-38(29)37(28)43/h1-25H;2*1-23H. The molecule has 0 unspecified atom stereocenters. The number of nitrogens with zero attached hydrogens (tertiary/aromatic N) is 9. The monoisotopic (exact) mass is 1890 g/mol. The number of aromatic nitrogens is 9. The van der Waals surface area contributed by atoms with Gasteiger partial charge in [0.05, 0.1) is 72.5 Å². The van der Waals surface area contributed by atoms with Gasteiger partial charge in [-0.2, -0.15) is 0 Å². The number of fused-ring (bicyclic) bond motifs is 33. The lowest BCUT2D eigenvalue weighted by Crippen LogP contribution is -2.04. The van der Waals surface area contributed by atoms with Crippen LogP contribution in [0.2, 0.25) is 0 Å². The second kappa shape index (κ2) is 31.8. The number of para-hydroxylation sites is 6. The average Bonchev–Trinajstić information content (AvgIpc) is 1.56. The molecule has 0 N–H and O–H groups in total. The lowest BCUT2D eigenvalue weighted by molar-refractivity contribution is 0.670. The zero-order chi connectivity index (χ0) is 92.9. The maximum Gasteiger partial charge on any atom is 0.235 e. The average molecular weight is 1890 g/mol. The van der Waals surface area contributed by atoms with Gasteiger partial charge in [-0.3, -0.25) is 13.7 Å². The molecule has 32 rings (SSSR count). The van der Waals surface area contributed by atoms with Crippen molar-refractivity contribution in [1.82, 2.24) is 43.6 Å². The van der Waals surface area contributed by atoms with Crippen molar-refractivity contribution in [3.63, 3.8) is 0 Å². The predicted molar refractivity (Wildman–Crippen MR) is 595 cm³/mol. The van der Waals surface area contributed by atoms with E-state index in [9.17, 15) is 0 Å². The van der Waals surface area contributed by atoms with Gasteiger partial charge in [-0.05, 0) is 109 Å². The summed E-state index contributed by atoms with van der Waals surface area (Å²) in [5.74, 6) is 1.88. The molecule has 0 fully saturated rings. The Hall–Kier alpha value is -17.9. The molecule has 19 aromatic carbocycles. The summed E-state index contributed by atoms with van der Waals surface area (Å²) in [5, 5.41) is 23.3. The highest BCUT2D eigenvalue weighted by Crippen LogP contribution is 2.51. The van der Waals surface area contributed by atoms with Crippen LogP contribution >= 0.6 is 45.3 Å². The van der Waals surface area contributed by atoms with E-state index in [1.165, 1.54) is 80.7 Å². The third kappa shape index (κ3) is 12.5. The molecule has 13 aromatic heterocycles. The van der Waals surface area contributed by atoms with Gasteiger partial charge >= 0.3 is 0 Å². The molecule has 13 heterocycles. The van der Waals surface area contributed by atoms with Gasteiger partial charge < -0.3 is 13.3 Å². The number of thiophene rings is 4. The van der Waals surface area contributed by atoms with Crippen LogP contribution in [0.25, 0.3) is 297 Å². The van der Waals surface area contributed by atoms with Crippen molar-refractivity contribution in [2.75, 3.05) is 0 Å². The number of furan rings is 3. The van der Waals surface area contributed by atoms with E-state index in [1.54, 1.807) is 0 Å². The van der Waals surface area contributed by atoms with Crippen LogP contribution in [-0.4, -0.2) is 43.6 Å². The Morgan fingerprint density at radius 2 is 0.444 bits per heavy atom. The highest BCUT2D eigenvalue weighted by Gasteiger charge is 2.29. The van der Waals surface area contributed by atoms with Crippen LogP contribution in [0.5, 0.6) is 0 Å². The van der Waals surface area contributed by atoms with E-state index in [0.717, 1.165) is 199 Å². The van der Waals surface area contributed by atoms with Crippen LogP contribution in [0, 0.1) is 0 Å². The maximum absolute atomic E-state index is 6.61. The first-order chi connectivity index (χ1) is 70.4. The van der Waals surface area contributed by atoms with Crippen LogP contribution in [-0.2, 0) is 0 Å². The predicted octanol–water partition coefficient (Wildman–Crippen LogP) is 35.9. The molecule has 0 radical (unpaired) electrons. The maximum atomic E-state index is 6.61. The summed E-state index contributed by atoms with van der Waals surface area (Å²) in [7, 11) is 0. The lowest BCUT2D eigenvalue weighted by Gasteiger charge is -2.13. The summed E-state index contributed by atoms with van der Waals surface area (Å²) >= 11 is 7.28. The van der Waals surface area contributed by atoms with Gasteiger partial charge in [0.1, 0.15) is 33.4 Å². The molecule has 662 valence electrons. The molecule has 0 atom stereocenters. The molecule has 12 nitrogen and oxygen atoms in total. The van der Waals surface area contributed by atoms with E-state index in [0.29, 0.717) is 17.8 Å². The Morgan fingerprint density at radius 3 is 0.824 bits per heavy atom. The molecule has 0 bridgehead atoms. The topological polar surface area (TPSA) is 132 Å². The molecule has 0 aliphatic heterocycles. The summed E-state index contributed by atoms with van der Waals surface area (Å²) in [6, 6.07) is 151. The lowest BCUT2D eigenvalue weighted by atomic mass is 10.0. The minimum Gasteiger partial charge on any atom is -0.455 e. The van der Waals surface area contributed by atoms with Crippen molar-refractivity contribution < 1.29 is 13.3 Å². The summed E-state index contributed by atoms with van der Waals surface area (Å²) in [5.41, 5.74) is 23.2. The number of hydrogen-bond acceptors (Lipinski definition) is 13. The molecule has 0 saturated heterocycles. The van der Waals surface area contributed by atoms with Crippen LogP contribution in [0.4, 0.5) is 0 Å². The zero-order valence-electron chi connectivity index (χ0n) is 75.4. The number of hydrogen-bond donors (Lipinski definition) is 0. The van der Waals surface area contributed by atoms with Crippen molar-refractivity contribution in [2.45, 2.75) is 0 Å². The molecule has 0 spiro atoms. The molecule has 0 amide bonds. The van der Waals surface area contributed by atoms with Crippen molar-refractivity contribution in [2.24, 2.45) is 0 Å².